The number of rotatable bonds is 4. The van der Waals surface area contributed by atoms with Crippen molar-refractivity contribution in [1.82, 2.24) is 15.0 Å². The first-order valence-corrected chi connectivity index (χ1v) is 6.40. The molecule has 1 N–H and O–H groups in total. The van der Waals surface area contributed by atoms with Crippen molar-refractivity contribution in [2.24, 2.45) is 0 Å². The highest BCUT2D eigenvalue weighted by atomic mass is 35.5. The van der Waals surface area contributed by atoms with Crippen LogP contribution in [0.1, 0.15) is 5.76 Å². The SMILES string of the molecule is Clc1cc(NCc2ccco2)nc(-c2cccnc2)n1. The number of nitrogens with one attached hydrogen (secondary N) is 1. The number of halogens is 1. The number of hydrogen-bond donors (Lipinski definition) is 1. The zero-order valence-electron chi connectivity index (χ0n) is 10.5. The summed E-state index contributed by atoms with van der Waals surface area (Å²) in [6.45, 7) is 0.535. The Morgan fingerprint density at radius 2 is 2.15 bits per heavy atom. The smallest absolute Gasteiger partial charge is 0.164 e. The number of nitrogens with zero attached hydrogens (tertiary/aromatic N) is 3. The molecule has 0 radical (unpaired) electrons. The molecule has 3 rings (SSSR count). The zero-order chi connectivity index (χ0) is 13.8. The minimum Gasteiger partial charge on any atom is -0.467 e. The first kappa shape index (κ1) is 12.6. The lowest BCUT2D eigenvalue weighted by atomic mass is 10.3. The molecule has 3 aromatic heterocycles. The molecule has 0 saturated heterocycles. The molecule has 0 aromatic carbocycles. The molecular weight excluding hydrogens is 276 g/mol. The van der Waals surface area contributed by atoms with Gasteiger partial charge in [0.25, 0.3) is 0 Å². The lowest BCUT2D eigenvalue weighted by Gasteiger charge is -2.06. The normalized spacial score (nSPS) is 10.4. The van der Waals surface area contributed by atoms with E-state index in [1.54, 1.807) is 24.7 Å². The van der Waals surface area contributed by atoms with Crippen molar-refractivity contribution in [3.8, 4) is 11.4 Å². The predicted octanol–water partition coefficient (Wildman–Crippen LogP) is 3.40. The highest BCUT2D eigenvalue weighted by Gasteiger charge is 2.06. The van der Waals surface area contributed by atoms with Gasteiger partial charge in [0.15, 0.2) is 5.82 Å². The van der Waals surface area contributed by atoms with Gasteiger partial charge in [0.1, 0.15) is 16.7 Å². The van der Waals surface area contributed by atoms with Crippen molar-refractivity contribution in [3.05, 3.63) is 59.9 Å². The summed E-state index contributed by atoms with van der Waals surface area (Å²) in [6.07, 6.45) is 5.02. The molecular formula is C14H11ClN4O. The Bertz CT molecular complexity index is 686. The summed E-state index contributed by atoms with van der Waals surface area (Å²) < 4.78 is 5.25. The van der Waals surface area contributed by atoms with E-state index in [-0.39, 0.29) is 0 Å². The predicted molar refractivity (Wildman–Crippen MR) is 76.3 cm³/mol. The Kier molecular flexibility index (Phi) is 3.60. The molecule has 0 aliphatic rings. The number of hydrogen-bond acceptors (Lipinski definition) is 5. The van der Waals surface area contributed by atoms with Gasteiger partial charge in [-0.25, -0.2) is 9.97 Å². The van der Waals surface area contributed by atoms with E-state index in [4.69, 9.17) is 16.0 Å². The molecule has 0 atom stereocenters. The van der Waals surface area contributed by atoms with Gasteiger partial charge in [-0.2, -0.15) is 0 Å². The van der Waals surface area contributed by atoms with Crippen molar-refractivity contribution in [3.63, 3.8) is 0 Å². The minimum absolute atomic E-state index is 0.376. The Labute approximate surface area is 120 Å². The Morgan fingerprint density at radius 1 is 1.20 bits per heavy atom. The lowest BCUT2D eigenvalue weighted by Crippen LogP contribution is -2.02. The first-order valence-electron chi connectivity index (χ1n) is 6.02. The lowest BCUT2D eigenvalue weighted by molar-refractivity contribution is 0.518. The molecule has 0 unspecified atom stereocenters. The second-order valence-corrected chi connectivity index (χ2v) is 4.46. The molecule has 100 valence electrons. The van der Waals surface area contributed by atoms with Gasteiger partial charge in [-0.05, 0) is 24.3 Å². The molecule has 20 heavy (non-hydrogen) atoms. The Morgan fingerprint density at radius 3 is 2.90 bits per heavy atom. The van der Waals surface area contributed by atoms with Gasteiger partial charge in [-0.1, -0.05) is 11.6 Å². The van der Waals surface area contributed by atoms with Gasteiger partial charge in [0.05, 0.1) is 12.8 Å². The van der Waals surface area contributed by atoms with Gasteiger partial charge < -0.3 is 9.73 Å². The summed E-state index contributed by atoms with van der Waals surface area (Å²) in [5.41, 5.74) is 0.816. The maximum absolute atomic E-state index is 6.03. The second kappa shape index (κ2) is 5.71. The molecule has 0 aliphatic heterocycles. The number of furan rings is 1. The molecule has 0 spiro atoms. The summed E-state index contributed by atoms with van der Waals surface area (Å²) in [6, 6.07) is 9.11. The molecule has 0 saturated carbocycles. The van der Waals surface area contributed by atoms with Crippen LogP contribution in [-0.2, 0) is 6.54 Å². The van der Waals surface area contributed by atoms with E-state index in [9.17, 15) is 0 Å². The fourth-order valence-electron chi connectivity index (χ4n) is 1.72. The van der Waals surface area contributed by atoms with Crippen molar-refractivity contribution < 1.29 is 4.42 Å². The van der Waals surface area contributed by atoms with Crippen molar-refractivity contribution in [1.29, 1.82) is 0 Å². The van der Waals surface area contributed by atoms with E-state index in [1.165, 1.54) is 0 Å². The van der Waals surface area contributed by atoms with Crippen LogP contribution in [0.15, 0.2) is 53.4 Å². The maximum Gasteiger partial charge on any atom is 0.164 e. The quantitative estimate of drug-likeness (QED) is 0.745. The molecule has 0 aliphatic carbocycles. The van der Waals surface area contributed by atoms with Crippen LogP contribution in [0.25, 0.3) is 11.4 Å². The summed E-state index contributed by atoms with van der Waals surface area (Å²) in [7, 11) is 0. The van der Waals surface area contributed by atoms with Crippen LogP contribution in [0.3, 0.4) is 0 Å². The van der Waals surface area contributed by atoms with Gasteiger partial charge in [-0.15, -0.1) is 0 Å². The molecule has 0 amide bonds. The monoisotopic (exact) mass is 286 g/mol. The van der Waals surface area contributed by atoms with E-state index in [1.807, 2.05) is 24.3 Å². The van der Waals surface area contributed by atoms with Gasteiger partial charge in [0.2, 0.25) is 0 Å². The van der Waals surface area contributed by atoms with Crippen LogP contribution in [0.5, 0.6) is 0 Å². The van der Waals surface area contributed by atoms with E-state index < -0.39 is 0 Å². The largest absolute Gasteiger partial charge is 0.467 e. The fraction of sp³-hybridized carbons (Fsp3) is 0.0714. The molecule has 0 bridgehead atoms. The van der Waals surface area contributed by atoms with Crippen LogP contribution in [0.4, 0.5) is 5.82 Å². The van der Waals surface area contributed by atoms with Crippen LogP contribution >= 0.6 is 11.6 Å². The molecule has 3 aromatic rings. The third-order valence-electron chi connectivity index (χ3n) is 2.64. The van der Waals surface area contributed by atoms with E-state index in [0.717, 1.165) is 11.3 Å². The summed E-state index contributed by atoms with van der Waals surface area (Å²) in [4.78, 5) is 12.7. The van der Waals surface area contributed by atoms with Crippen LogP contribution in [0.2, 0.25) is 5.15 Å². The zero-order valence-corrected chi connectivity index (χ0v) is 11.2. The van der Waals surface area contributed by atoms with Crippen LogP contribution in [-0.4, -0.2) is 15.0 Å². The topological polar surface area (TPSA) is 63.8 Å². The van der Waals surface area contributed by atoms with Crippen LogP contribution < -0.4 is 5.32 Å². The van der Waals surface area contributed by atoms with E-state index in [2.05, 4.69) is 20.3 Å². The van der Waals surface area contributed by atoms with E-state index >= 15 is 0 Å². The number of anilines is 1. The third kappa shape index (κ3) is 2.95. The van der Waals surface area contributed by atoms with Crippen molar-refractivity contribution in [2.75, 3.05) is 5.32 Å². The standard InChI is InChI=1S/C14H11ClN4O/c15-12-7-13(17-9-11-4-2-6-20-11)19-14(18-12)10-3-1-5-16-8-10/h1-8H,9H2,(H,17,18,19). The fourth-order valence-corrected chi connectivity index (χ4v) is 1.91. The third-order valence-corrected chi connectivity index (χ3v) is 2.83. The summed E-state index contributed by atoms with van der Waals surface area (Å²) in [5.74, 6) is 2.00. The highest BCUT2D eigenvalue weighted by molar-refractivity contribution is 6.29. The Hall–Kier alpha value is -2.40. The average Bonchev–Trinajstić information content (AvgIpc) is 2.99. The van der Waals surface area contributed by atoms with E-state index in [0.29, 0.717) is 23.3 Å². The maximum atomic E-state index is 6.03. The first-order chi connectivity index (χ1) is 9.81. The van der Waals surface area contributed by atoms with Crippen LogP contribution in [0, 0.1) is 0 Å². The van der Waals surface area contributed by atoms with Gasteiger partial charge in [-0.3, -0.25) is 4.98 Å². The molecule has 3 heterocycles. The highest BCUT2D eigenvalue weighted by Crippen LogP contribution is 2.19. The average molecular weight is 287 g/mol. The minimum atomic E-state index is 0.376. The number of pyridine rings is 1. The van der Waals surface area contributed by atoms with Gasteiger partial charge >= 0.3 is 0 Å². The summed E-state index contributed by atoms with van der Waals surface area (Å²) >= 11 is 6.03. The Balaban J connectivity index is 1.83. The number of aromatic nitrogens is 3. The molecule has 5 nitrogen and oxygen atoms in total. The summed E-state index contributed by atoms with van der Waals surface area (Å²) in [5, 5.41) is 3.52. The molecule has 0 fully saturated rings. The molecule has 6 heteroatoms. The second-order valence-electron chi connectivity index (χ2n) is 4.07. The van der Waals surface area contributed by atoms with Crippen molar-refractivity contribution >= 4 is 17.4 Å². The van der Waals surface area contributed by atoms with Crippen molar-refractivity contribution in [2.45, 2.75) is 6.54 Å². The van der Waals surface area contributed by atoms with Gasteiger partial charge in [0, 0.05) is 24.0 Å².